The standard InChI is InChI=1S/C14H19N3OS/c1-17(9-13(18)16-8-10-6-7-10)12-5-3-2-4-11(12)14(15)19/h2-5,10H,6-9H2,1H3,(H2,15,19)(H,16,18). The van der Waals surface area contributed by atoms with E-state index in [4.69, 9.17) is 18.0 Å². The number of nitrogens with one attached hydrogen (secondary N) is 1. The van der Waals surface area contributed by atoms with E-state index < -0.39 is 0 Å². The Kier molecular flexibility index (Phi) is 4.37. The topological polar surface area (TPSA) is 58.4 Å². The van der Waals surface area contributed by atoms with Gasteiger partial charge in [0.15, 0.2) is 0 Å². The van der Waals surface area contributed by atoms with Crippen molar-refractivity contribution in [2.45, 2.75) is 12.8 Å². The summed E-state index contributed by atoms with van der Waals surface area (Å²) in [6.07, 6.45) is 2.47. The van der Waals surface area contributed by atoms with Crippen LogP contribution in [-0.4, -0.2) is 31.0 Å². The molecule has 19 heavy (non-hydrogen) atoms. The highest BCUT2D eigenvalue weighted by molar-refractivity contribution is 7.80. The van der Waals surface area contributed by atoms with Crippen LogP contribution in [0.15, 0.2) is 24.3 Å². The number of nitrogens with two attached hydrogens (primary N) is 1. The van der Waals surface area contributed by atoms with E-state index in [2.05, 4.69) is 5.32 Å². The largest absolute Gasteiger partial charge is 0.389 e. The Hall–Kier alpha value is -1.62. The Balaban J connectivity index is 1.96. The van der Waals surface area contributed by atoms with Crippen LogP contribution in [0, 0.1) is 5.92 Å². The van der Waals surface area contributed by atoms with Gasteiger partial charge in [0.25, 0.3) is 0 Å². The number of carbonyl (C=O) groups is 1. The maximum atomic E-state index is 11.8. The summed E-state index contributed by atoms with van der Waals surface area (Å²) in [5, 5.41) is 2.95. The fourth-order valence-electron chi connectivity index (χ4n) is 1.95. The van der Waals surface area contributed by atoms with E-state index in [1.165, 1.54) is 12.8 Å². The quantitative estimate of drug-likeness (QED) is 0.769. The zero-order valence-corrected chi connectivity index (χ0v) is 11.9. The third-order valence-corrected chi connectivity index (χ3v) is 3.47. The summed E-state index contributed by atoms with van der Waals surface area (Å²) in [6.45, 7) is 1.11. The van der Waals surface area contributed by atoms with Crippen molar-refractivity contribution in [2.24, 2.45) is 11.7 Å². The fourth-order valence-corrected chi connectivity index (χ4v) is 2.12. The summed E-state index contributed by atoms with van der Waals surface area (Å²) >= 11 is 5.03. The van der Waals surface area contributed by atoms with Crippen molar-refractivity contribution in [1.82, 2.24) is 5.32 Å². The summed E-state index contributed by atoms with van der Waals surface area (Å²) in [4.78, 5) is 14.0. The second kappa shape index (κ2) is 6.02. The molecule has 0 aromatic heterocycles. The average molecular weight is 277 g/mol. The van der Waals surface area contributed by atoms with Crippen LogP contribution in [0.5, 0.6) is 0 Å². The van der Waals surface area contributed by atoms with Crippen LogP contribution in [0.25, 0.3) is 0 Å². The van der Waals surface area contributed by atoms with E-state index in [1.54, 1.807) is 0 Å². The Morgan fingerprint density at radius 3 is 2.79 bits per heavy atom. The molecule has 3 N–H and O–H groups in total. The molecule has 0 aliphatic heterocycles. The van der Waals surface area contributed by atoms with Gasteiger partial charge in [-0.15, -0.1) is 0 Å². The second-order valence-electron chi connectivity index (χ2n) is 4.98. The summed E-state index contributed by atoms with van der Waals surface area (Å²) in [5.41, 5.74) is 7.38. The van der Waals surface area contributed by atoms with Crippen LogP contribution < -0.4 is 16.0 Å². The number of hydrogen-bond acceptors (Lipinski definition) is 3. The van der Waals surface area contributed by atoms with Gasteiger partial charge in [0.2, 0.25) is 5.91 Å². The van der Waals surface area contributed by atoms with E-state index >= 15 is 0 Å². The molecule has 0 radical (unpaired) electrons. The molecule has 1 aromatic rings. The number of likely N-dealkylation sites (N-methyl/N-ethyl adjacent to an activating group) is 1. The zero-order chi connectivity index (χ0) is 13.8. The number of carbonyl (C=O) groups excluding carboxylic acids is 1. The first-order chi connectivity index (χ1) is 9.08. The smallest absolute Gasteiger partial charge is 0.239 e. The van der Waals surface area contributed by atoms with Crippen LogP contribution in [0.2, 0.25) is 0 Å². The third-order valence-electron chi connectivity index (χ3n) is 3.25. The van der Waals surface area contributed by atoms with Gasteiger partial charge in [0.1, 0.15) is 4.99 Å². The van der Waals surface area contributed by atoms with Crippen molar-refractivity contribution in [3.05, 3.63) is 29.8 Å². The van der Waals surface area contributed by atoms with Crippen molar-refractivity contribution in [2.75, 3.05) is 25.0 Å². The first-order valence-corrected chi connectivity index (χ1v) is 6.85. The number of benzene rings is 1. The monoisotopic (exact) mass is 277 g/mol. The summed E-state index contributed by atoms with van der Waals surface area (Å²) in [7, 11) is 1.87. The van der Waals surface area contributed by atoms with E-state index in [0.29, 0.717) is 17.5 Å². The minimum atomic E-state index is 0.0344. The molecule has 1 aromatic carbocycles. The molecule has 2 rings (SSSR count). The number of para-hydroxylation sites is 1. The number of rotatable bonds is 6. The van der Waals surface area contributed by atoms with E-state index in [9.17, 15) is 4.79 Å². The normalized spacial score (nSPS) is 13.9. The number of thiocarbonyl (C=S) groups is 1. The van der Waals surface area contributed by atoms with Crippen LogP contribution in [-0.2, 0) is 4.79 Å². The molecule has 0 unspecified atom stereocenters. The molecular weight excluding hydrogens is 258 g/mol. The lowest BCUT2D eigenvalue weighted by molar-refractivity contribution is -0.119. The molecule has 0 spiro atoms. The Labute approximate surface area is 119 Å². The summed E-state index contributed by atoms with van der Waals surface area (Å²) in [6, 6.07) is 7.59. The van der Waals surface area contributed by atoms with Gasteiger partial charge in [-0.2, -0.15) is 0 Å². The van der Waals surface area contributed by atoms with Crippen molar-refractivity contribution < 1.29 is 4.79 Å². The Morgan fingerprint density at radius 2 is 2.16 bits per heavy atom. The number of anilines is 1. The second-order valence-corrected chi connectivity index (χ2v) is 5.42. The number of hydrogen-bond donors (Lipinski definition) is 2. The van der Waals surface area contributed by atoms with Gasteiger partial charge in [-0.1, -0.05) is 24.4 Å². The summed E-state index contributed by atoms with van der Waals surface area (Å²) < 4.78 is 0. The Morgan fingerprint density at radius 1 is 1.47 bits per heavy atom. The molecule has 4 nitrogen and oxygen atoms in total. The molecular formula is C14H19N3OS. The minimum absolute atomic E-state index is 0.0344. The van der Waals surface area contributed by atoms with Crippen LogP contribution in [0.1, 0.15) is 18.4 Å². The van der Waals surface area contributed by atoms with Crippen molar-refractivity contribution in [1.29, 1.82) is 0 Å². The number of amides is 1. The molecule has 0 heterocycles. The van der Waals surface area contributed by atoms with Gasteiger partial charge < -0.3 is 16.0 Å². The maximum Gasteiger partial charge on any atom is 0.239 e. The fraction of sp³-hybridized carbons (Fsp3) is 0.429. The van der Waals surface area contributed by atoms with Crippen molar-refractivity contribution >= 4 is 28.8 Å². The highest BCUT2D eigenvalue weighted by Crippen LogP contribution is 2.27. The minimum Gasteiger partial charge on any atom is -0.389 e. The molecule has 1 amide bonds. The first kappa shape index (κ1) is 13.8. The molecule has 1 aliphatic rings. The first-order valence-electron chi connectivity index (χ1n) is 6.44. The molecule has 0 bridgehead atoms. The van der Waals surface area contributed by atoms with Gasteiger partial charge in [0.05, 0.1) is 6.54 Å². The molecule has 5 heteroatoms. The lowest BCUT2D eigenvalue weighted by Crippen LogP contribution is -2.36. The average Bonchev–Trinajstić information content (AvgIpc) is 3.20. The van der Waals surface area contributed by atoms with Gasteiger partial charge in [-0.3, -0.25) is 4.79 Å². The van der Waals surface area contributed by atoms with Crippen LogP contribution in [0.4, 0.5) is 5.69 Å². The van der Waals surface area contributed by atoms with E-state index in [1.807, 2.05) is 36.2 Å². The summed E-state index contributed by atoms with van der Waals surface area (Å²) in [5.74, 6) is 0.727. The molecule has 1 aliphatic carbocycles. The van der Waals surface area contributed by atoms with Crippen LogP contribution in [0.3, 0.4) is 0 Å². The lowest BCUT2D eigenvalue weighted by Gasteiger charge is -2.21. The predicted octanol–water partition coefficient (Wildman–Crippen LogP) is 1.28. The van der Waals surface area contributed by atoms with E-state index in [-0.39, 0.29) is 5.91 Å². The highest BCUT2D eigenvalue weighted by Gasteiger charge is 2.22. The highest BCUT2D eigenvalue weighted by atomic mass is 32.1. The third kappa shape index (κ3) is 3.92. The van der Waals surface area contributed by atoms with Gasteiger partial charge >= 0.3 is 0 Å². The Bertz CT molecular complexity index is 485. The molecule has 0 atom stereocenters. The zero-order valence-electron chi connectivity index (χ0n) is 11.1. The lowest BCUT2D eigenvalue weighted by atomic mass is 10.1. The van der Waals surface area contributed by atoms with Gasteiger partial charge in [-0.25, -0.2) is 0 Å². The number of nitrogens with zero attached hydrogens (tertiary/aromatic N) is 1. The van der Waals surface area contributed by atoms with Crippen molar-refractivity contribution in [3.63, 3.8) is 0 Å². The van der Waals surface area contributed by atoms with Crippen molar-refractivity contribution in [3.8, 4) is 0 Å². The molecule has 0 saturated heterocycles. The molecule has 1 fully saturated rings. The maximum absolute atomic E-state index is 11.8. The van der Waals surface area contributed by atoms with Gasteiger partial charge in [0, 0.05) is 24.8 Å². The molecule has 1 saturated carbocycles. The van der Waals surface area contributed by atoms with Crippen LogP contribution >= 0.6 is 12.2 Å². The van der Waals surface area contributed by atoms with Gasteiger partial charge in [-0.05, 0) is 30.9 Å². The SMILES string of the molecule is CN(CC(=O)NCC1CC1)c1ccccc1C(N)=S. The molecule has 102 valence electrons. The van der Waals surface area contributed by atoms with E-state index in [0.717, 1.165) is 17.8 Å². The predicted molar refractivity (Wildman–Crippen MR) is 81.3 cm³/mol.